The van der Waals surface area contributed by atoms with Gasteiger partial charge in [-0.3, -0.25) is 0 Å². The molecule has 0 unspecified atom stereocenters. The fourth-order valence-corrected chi connectivity index (χ4v) is 6.84. The summed E-state index contributed by atoms with van der Waals surface area (Å²) in [6.45, 7) is 0. The van der Waals surface area contributed by atoms with Gasteiger partial charge in [0, 0.05) is 32.9 Å². The first-order valence-electron chi connectivity index (χ1n) is 14.5. The van der Waals surface area contributed by atoms with E-state index in [9.17, 15) is 0 Å². The van der Waals surface area contributed by atoms with Gasteiger partial charge < -0.3 is 9.13 Å². The fraction of sp³-hybridized carbons (Fsp3) is 0. The fourth-order valence-electron chi connectivity index (χ4n) is 6.84. The van der Waals surface area contributed by atoms with Crippen molar-refractivity contribution in [2.24, 2.45) is 0 Å². The number of aromatic nitrogens is 2. The third-order valence-electron chi connectivity index (χ3n) is 8.67. The number of hydrogen-bond acceptors (Lipinski definition) is 0. The van der Waals surface area contributed by atoms with Gasteiger partial charge in [-0.25, -0.2) is 0 Å². The van der Waals surface area contributed by atoms with Crippen molar-refractivity contribution in [3.63, 3.8) is 0 Å². The summed E-state index contributed by atoms with van der Waals surface area (Å²) in [5.74, 6) is 0. The smallest absolute Gasteiger partial charge is 0.0562 e. The van der Waals surface area contributed by atoms with Gasteiger partial charge in [0.05, 0.1) is 22.1 Å². The topological polar surface area (TPSA) is 9.86 Å². The molecule has 0 radical (unpaired) electrons. The van der Waals surface area contributed by atoms with E-state index in [4.69, 9.17) is 0 Å². The van der Waals surface area contributed by atoms with Gasteiger partial charge in [-0.15, -0.1) is 0 Å². The molecule has 0 saturated heterocycles. The zero-order valence-electron chi connectivity index (χ0n) is 22.9. The minimum absolute atomic E-state index is 1.16. The van der Waals surface area contributed by atoms with E-state index in [0.29, 0.717) is 0 Å². The molecule has 9 aromatic rings. The van der Waals surface area contributed by atoms with Crippen molar-refractivity contribution in [2.45, 2.75) is 0 Å². The molecular weight excluding hydrogens is 508 g/mol. The zero-order valence-corrected chi connectivity index (χ0v) is 22.9. The molecule has 0 aliphatic heterocycles. The first-order chi connectivity index (χ1) is 20.8. The second-order valence-electron chi connectivity index (χ2n) is 11.0. The van der Waals surface area contributed by atoms with Crippen molar-refractivity contribution < 1.29 is 0 Å². The molecule has 2 aromatic heterocycles. The van der Waals surface area contributed by atoms with Crippen LogP contribution in [0.15, 0.2) is 158 Å². The quantitative estimate of drug-likeness (QED) is 0.213. The molecule has 0 fully saturated rings. The second kappa shape index (κ2) is 8.95. The van der Waals surface area contributed by atoms with Crippen LogP contribution >= 0.6 is 0 Å². The summed E-state index contributed by atoms with van der Waals surface area (Å²) in [6.07, 6.45) is 0. The predicted octanol–water partition coefficient (Wildman–Crippen LogP) is 10.7. The highest BCUT2D eigenvalue weighted by Gasteiger charge is 2.19. The van der Waals surface area contributed by atoms with Crippen molar-refractivity contribution in [3.05, 3.63) is 158 Å². The van der Waals surface area contributed by atoms with Crippen LogP contribution in [0, 0.1) is 0 Å². The van der Waals surface area contributed by atoms with Gasteiger partial charge in [-0.1, -0.05) is 109 Å². The van der Waals surface area contributed by atoms with Crippen molar-refractivity contribution in [1.82, 2.24) is 9.13 Å². The van der Waals surface area contributed by atoms with Crippen molar-refractivity contribution in [3.8, 4) is 22.5 Å². The minimum Gasteiger partial charge on any atom is -0.309 e. The first-order valence-corrected chi connectivity index (χ1v) is 14.5. The average Bonchev–Trinajstić information content (AvgIpc) is 3.57. The Bertz CT molecular complexity index is 2440. The van der Waals surface area contributed by atoms with Gasteiger partial charge in [-0.05, 0) is 70.4 Å². The van der Waals surface area contributed by atoms with Gasteiger partial charge in [0.1, 0.15) is 0 Å². The van der Waals surface area contributed by atoms with Crippen LogP contribution in [0.2, 0.25) is 0 Å². The van der Waals surface area contributed by atoms with Crippen LogP contribution < -0.4 is 0 Å². The average molecular weight is 535 g/mol. The Morgan fingerprint density at radius 3 is 1.81 bits per heavy atom. The van der Waals surface area contributed by atoms with Gasteiger partial charge >= 0.3 is 0 Å². The Balaban J connectivity index is 1.46. The molecule has 0 aliphatic carbocycles. The molecule has 42 heavy (non-hydrogen) atoms. The van der Waals surface area contributed by atoms with Crippen LogP contribution in [0.4, 0.5) is 0 Å². The van der Waals surface area contributed by atoms with E-state index >= 15 is 0 Å². The first kappa shape index (κ1) is 23.1. The number of para-hydroxylation sites is 2. The van der Waals surface area contributed by atoms with E-state index in [0.717, 1.165) is 5.69 Å². The van der Waals surface area contributed by atoms with E-state index in [2.05, 4.69) is 167 Å². The zero-order chi connectivity index (χ0) is 27.6. The van der Waals surface area contributed by atoms with Gasteiger partial charge in [-0.2, -0.15) is 0 Å². The molecule has 2 nitrogen and oxygen atoms in total. The van der Waals surface area contributed by atoms with Crippen LogP contribution in [0.5, 0.6) is 0 Å². The standard InChI is InChI=1S/C40H26N2/c1-3-12-27(13-4-1)29-15-11-18-31(24-29)42-37-23-22-28-14-7-8-19-32(28)40(37)35-25-34-33-20-9-10-21-36(33)41(38(34)26-39(35)42)30-16-5-2-6-17-30/h1-26H. The lowest BCUT2D eigenvalue weighted by Crippen LogP contribution is -1.96. The highest BCUT2D eigenvalue weighted by atomic mass is 15.0. The van der Waals surface area contributed by atoms with Crippen molar-refractivity contribution >= 4 is 54.4 Å². The number of nitrogens with zero attached hydrogens (tertiary/aromatic N) is 2. The van der Waals surface area contributed by atoms with E-state index in [1.165, 1.54) is 71.2 Å². The Labute approximate surface area is 243 Å². The largest absolute Gasteiger partial charge is 0.309 e. The lowest BCUT2D eigenvalue weighted by Gasteiger charge is -2.12. The SMILES string of the molecule is c1ccc(-c2cccc(-n3c4cc5c(cc4c4c6ccccc6ccc43)c3ccccc3n5-c3ccccc3)c2)cc1. The third kappa shape index (κ3) is 3.33. The number of fused-ring (bicyclic) bond motifs is 8. The molecule has 7 aromatic carbocycles. The minimum atomic E-state index is 1.16. The van der Waals surface area contributed by atoms with E-state index < -0.39 is 0 Å². The summed E-state index contributed by atoms with van der Waals surface area (Å²) >= 11 is 0. The van der Waals surface area contributed by atoms with Crippen LogP contribution in [0.25, 0.3) is 76.9 Å². The molecule has 0 N–H and O–H groups in total. The Kier molecular flexibility index (Phi) is 4.93. The summed E-state index contributed by atoms with van der Waals surface area (Å²) in [4.78, 5) is 0. The molecule has 0 saturated carbocycles. The summed E-state index contributed by atoms with van der Waals surface area (Å²) < 4.78 is 4.86. The Hall–Kier alpha value is -5.60. The number of rotatable bonds is 3. The Morgan fingerprint density at radius 2 is 0.952 bits per heavy atom. The maximum absolute atomic E-state index is 2.45. The van der Waals surface area contributed by atoms with Crippen LogP contribution in [0.3, 0.4) is 0 Å². The lowest BCUT2D eigenvalue weighted by atomic mass is 10.0. The highest BCUT2D eigenvalue weighted by molar-refractivity contribution is 6.25. The Morgan fingerprint density at radius 1 is 0.310 bits per heavy atom. The highest BCUT2D eigenvalue weighted by Crippen LogP contribution is 2.42. The second-order valence-corrected chi connectivity index (χ2v) is 11.0. The lowest BCUT2D eigenvalue weighted by molar-refractivity contribution is 1.17. The monoisotopic (exact) mass is 534 g/mol. The van der Waals surface area contributed by atoms with Crippen molar-refractivity contribution in [2.75, 3.05) is 0 Å². The maximum Gasteiger partial charge on any atom is 0.0562 e. The van der Waals surface area contributed by atoms with Crippen LogP contribution in [0.1, 0.15) is 0 Å². The molecule has 9 rings (SSSR count). The third-order valence-corrected chi connectivity index (χ3v) is 8.67. The van der Waals surface area contributed by atoms with Crippen LogP contribution in [-0.4, -0.2) is 9.13 Å². The number of benzene rings is 7. The molecule has 0 spiro atoms. The normalized spacial score (nSPS) is 11.8. The molecular formula is C40H26N2. The molecule has 2 heteroatoms. The van der Waals surface area contributed by atoms with Gasteiger partial charge in [0.2, 0.25) is 0 Å². The van der Waals surface area contributed by atoms with Gasteiger partial charge in [0.15, 0.2) is 0 Å². The summed E-state index contributed by atoms with van der Waals surface area (Å²) in [7, 11) is 0. The molecule has 2 heterocycles. The van der Waals surface area contributed by atoms with Gasteiger partial charge in [0.25, 0.3) is 0 Å². The molecule has 196 valence electrons. The van der Waals surface area contributed by atoms with E-state index in [-0.39, 0.29) is 0 Å². The maximum atomic E-state index is 2.45. The molecule has 0 aliphatic rings. The summed E-state index contributed by atoms with van der Waals surface area (Å²) in [6, 6.07) is 57.2. The van der Waals surface area contributed by atoms with Crippen molar-refractivity contribution in [1.29, 1.82) is 0 Å². The van der Waals surface area contributed by atoms with E-state index in [1.807, 2.05) is 0 Å². The number of hydrogen-bond donors (Lipinski definition) is 0. The molecule has 0 amide bonds. The molecule has 0 bridgehead atoms. The summed E-state index contributed by atoms with van der Waals surface area (Å²) in [5.41, 5.74) is 9.62. The predicted molar refractivity (Wildman–Crippen MR) is 178 cm³/mol. The summed E-state index contributed by atoms with van der Waals surface area (Å²) in [5, 5.41) is 7.65. The van der Waals surface area contributed by atoms with E-state index in [1.54, 1.807) is 0 Å². The van der Waals surface area contributed by atoms with Crippen LogP contribution in [-0.2, 0) is 0 Å². The molecule has 0 atom stereocenters.